The highest BCUT2D eigenvalue weighted by Gasteiger charge is 2.03. The van der Waals surface area contributed by atoms with Crippen molar-refractivity contribution in [1.29, 1.82) is 0 Å². The smallest absolute Gasteiger partial charge is 0.0269 e. The van der Waals surface area contributed by atoms with Crippen molar-refractivity contribution >= 4 is 0 Å². The zero-order chi connectivity index (χ0) is 9.52. The van der Waals surface area contributed by atoms with Crippen molar-refractivity contribution in [2.75, 3.05) is 27.2 Å². The van der Waals surface area contributed by atoms with Gasteiger partial charge in [-0.2, -0.15) is 0 Å². The molecule has 0 heterocycles. The van der Waals surface area contributed by atoms with Crippen LogP contribution in [0.25, 0.3) is 0 Å². The van der Waals surface area contributed by atoms with Crippen LogP contribution in [0.1, 0.15) is 32.1 Å². The molecule has 76 valence electrons. The fraction of sp³-hybridized carbons (Fsp3) is 0.818. The lowest BCUT2D eigenvalue weighted by Gasteiger charge is -2.14. The minimum atomic E-state index is 1.07. The van der Waals surface area contributed by atoms with Crippen molar-refractivity contribution in [2.45, 2.75) is 32.1 Å². The Morgan fingerprint density at radius 3 is 2.54 bits per heavy atom. The fourth-order valence-electron chi connectivity index (χ4n) is 1.65. The third-order valence-electron chi connectivity index (χ3n) is 2.51. The van der Waals surface area contributed by atoms with E-state index in [9.17, 15) is 0 Å². The summed E-state index contributed by atoms with van der Waals surface area (Å²) in [5, 5.41) is 3.38. The summed E-state index contributed by atoms with van der Waals surface area (Å²) in [5.74, 6) is 0. The molecule has 1 rings (SSSR count). The van der Waals surface area contributed by atoms with Crippen LogP contribution in [0.15, 0.2) is 11.8 Å². The molecule has 0 aromatic heterocycles. The molecule has 0 unspecified atom stereocenters. The van der Waals surface area contributed by atoms with E-state index in [1.54, 1.807) is 5.57 Å². The molecular weight excluding hydrogens is 160 g/mol. The first-order valence-corrected chi connectivity index (χ1v) is 5.35. The maximum atomic E-state index is 3.38. The number of nitrogens with zero attached hydrogens (tertiary/aromatic N) is 1. The van der Waals surface area contributed by atoms with E-state index in [0.29, 0.717) is 0 Å². The Labute approximate surface area is 82.0 Å². The second kappa shape index (κ2) is 6.03. The standard InChI is InChI=1S/C11H22N2/c1-13(2)9-8-12-10-11-6-4-3-5-7-11/h10,12H,3-9H2,1-2H3. The van der Waals surface area contributed by atoms with Gasteiger partial charge < -0.3 is 10.2 Å². The molecule has 0 aromatic rings. The third kappa shape index (κ3) is 4.94. The first kappa shape index (κ1) is 10.6. The average Bonchev–Trinajstić information content (AvgIpc) is 2.14. The van der Waals surface area contributed by atoms with E-state index >= 15 is 0 Å². The lowest BCUT2D eigenvalue weighted by atomic mass is 9.96. The first-order valence-electron chi connectivity index (χ1n) is 5.35. The van der Waals surface area contributed by atoms with Gasteiger partial charge in [0.15, 0.2) is 0 Å². The van der Waals surface area contributed by atoms with E-state index in [4.69, 9.17) is 0 Å². The largest absolute Gasteiger partial charge is 0.390 e. The summed E-state index contributed by atoms with van der Waals surface area (Å²) < 4.78 is 0. The van der Waals surface area contributed by atoms with Crippen LogP contribution in [0, 0.1) is 0 Å². The SMILES string of the molecule is CN(C)CCNC=C1CCCCC1. The highest BCUT2D eigenvalue weighted by Crippen LogP contribution is 2.21. The molecule has 1 N–H and O–H groups in total. The zero-order valence-electron chi connectivity index (χ0n) is 8.97. The van der Waals surface area contributed by atoms with Crippen molar-refractivity contribution < 1.29 is 0 Å². The maximum absolute atomic E-state index is 3.38. The number of hydrogen-bond acceptors (Lipinski definition) is 2. The summed E-state index contributed by atoms with van der Waals surface area (Å²) in [5.41, 5.74) is 1.62. The lowest BCUT2D eigenvalue weighted by molar-refractivity contribution is 0.409. The monoisotopic (exact) mass is 182 g/mol. The molecule has 0 radical (unpaired) electrons. The van der Waals surface area contributed by atoms with E-state index in [-0.39, 0.29) is 0 Å². The number of nitrogens with one attached hydrogen (secondary N) is 1. The predicted octanol–water partition coefficient (Wildman–Crippen LogP) is 1.99. The number of hydrogen-bond donors (Lipinski definition) is 1. The van der Waals surface area contributed by atoms with Gasteiger partial charge in [0.1, 0.15) is 0 Å². The summed E-state index contributed by atoms with van der Waals surface area (Å²) >= 11 is 0. The molecular formula is C11H22N2. The number of rotatable bonds is 4. The van der Waals surface area contributed by atoms with Gasteiger partial charge in [-0.3, -0.25) is 0 Å². The molecule has 0 amide bonds. The molecule has 1 fully saturated rings. The van der Waals surface area contributed by atoms with Gasteiger partial charge in [-0.05, 0) is 46.0 Å². The molecule has 2 nitrogen and oxygen atoms in total. The second-order valence-corrected chi connectivity index (χ2v) is 4.12. The highest BCUT2D eigenvalue weighted by molar-refractivity contribution is 5.02. The summed E-state index contributed by atoms with van der Waals surface area (Å²) in [6.45, 7) is 2.18. The van der Waals surface area contributed by atoms with E-state index < -0.39 is 0 Å². The third-order valence-corrected chi connectivity index (χ3v) is 2.51. The first-order chi connectivity index (χ1) is 6.29. The Morgan fingerprint density at radius 2 is 1.92 bits per heavy atom. The predicted molar refractivity (Wildman–Crippen MR) is 57.7 cm³/mol. The van der Waals surface area contributed by atoms with Crippen molar-refractivity contribution in [3.05, 3.63) is 11.8 Å². The number of likely N-dealkylation sites (N-methyl/N-ethyl adjacent to an activating group) is 1. The minimum absolute atomic E-state index is 1.07. The van der Waals surface area contributed by atoms with E-state index in [1.807, 2.05) is 0 Å². The topological polar surface area (TPSA) is 15.3 Å². The van der Waals surface area contributed by atoms with Crippen LogP contribution in [0.2, 0.25) is 0 Å². The van der Waals surface area contributed by atoms with E-state index in [0.717, 1.165) is 13.1 Å². The van der Waals surface area contributed by atoms with Gasteiger partial charge in [-0.25, -0.2) is 0 Å². The van der Waals surface area contributed by atoms with Crippen molar-refractivity contribution in [2.24, 2.45) is 0 Å². The van der Waals surface area contributed by atoms with Crippen LogP contribution in [0.5, 0.6) is 0 Å². The van der Waals surface area contributed by atoms with Crippen LogP contribution >= 0.6 is 0 Å². The molecule has 0 aliphatic heterocycles. The second-order valence-electron chi connectivity index (χ2n) is 4.12. The summed E-state index contributed by atoms with van der Waals surface area (Å²) in [6.07, 6.45) is 9.07. The molecule has 2 heteroatoms. The molecule has 1 aliphatic carbocycles. The van der Waals surface area contributed by atoms with Gasteiger partial charge in [0.25, 0.3) is 0 Å². The van der Waals surface area contributed by atoms with Crippen molar-refractivity contribution in [1.82, 2.24) is 10.2 Å². The Balaban J connectivity index is 2.08. The molecule has 0 spiro atoms. The zero-order valence-corrected chi connectivity index (χ0v) is 8.97. The Bertz CT molecular complexity index is 153. The van der Waals surface area contributed by atoms with Gasteiger partial charge in [-0.15, -0.1) is 0 Å². The van der Waals surface area contributed by atoms with Crippen LogP contribution < -0.4 is 5.32 Å². The quantitative estimate of drug-likeness (QED) is 0.669. The van der Waals surface area contributed by atoms with Crippen LogP contribution in [-0.2, 0) is 0 Å². The minimum Gasteiger partial charge on any atom is -0.390 e. The van der Waals surface area contributed by atoms with Gasteiger partial charge in [0.05, 0.1) is 0 Å². The summed E-state index contributed by atoms with van der Waals surface area (Å²) in [7, 11) is 4.21. The normalized spacial score (nSPS) is 17.6. The van der Waals surface area contributed by atoms with Crippen LogP contribution in [0.3, 0.4) is 0 Å². The Hall–Kier alpha value is -0.500. The Kier molecular flexibility index (Phi) is 4.91. The molecule has 1 aliphatic rings. The summed E-state index contributed by atoms with van der Waals surface area (Å²) in [6, 6.07) is 0. The maximum Gasteiger partial charge on any atom is 0.0269 e. The van der Waals surface area contributed by atoms with Gasteiger partial charge in [-0.1, -0.05) is 12.0 Å². The van der Waals surface area contributed by atoms with Crippen LogP contribution in [0.4, 0.5) is 0 Å². The van der Waals surface area contributed by atoms with E-state index in [1.165, 1.54) is 32.1 Å². The molecule has 0 atom stereocenters. The molecule has 0 aromatic carbocycles. The molecule has 0 saturated heterocycles. The molecule has 0 bridgehead atoms. The molecule has 13 heavy (non-hydrogen) atoms. The average molecular weight is 182 g/mol. The van der Waals surface area contributed by atoms with Crippen molar-refractivity contribution in [3.8, 4) is 0 Å². The van der Waals surface area contributed by atoms with Crippen molar-refractivity contribution in [3.63, 3.8) is 0 Å². The number of allylic oxidation sites excluding steroid dienone is 1. The lowest BCUT2D eigenvalue weighted by Crippen LogP contribution is -2.23. The summed E-state index contributed by atoms with van der Waals surface area (Å²) in [4.78, 5) is 2.20. The van der Waals surface area contributed by atoms with E-state index in [2.05, 4.69) is 30.5 Å². The molecule has 1 saturated carbocycles. The van der Waals surface area contributed by atoms with Gasteiger partial charge >= 0.3 is 0 Å². The van der Waals surface area contributed by atoms with Gasteiger partial charge in [0, 0.05) is 13.1 Å². The Morgan fingerprint density at radius 1 is 1.23 bits per heavy atom. The van der Waals surface area contributed by atoms with Gasteiger partial charge in [0.2, 0.25) is 0 Å². The fourth-order valence-corrected chi connectivity index (χ4v) is 1.65. The van der Waals surface area contributed by atoms with Crippen LogP contribution in [-0.4, -0.2) is 32.1 Å². The highest BCUT2D eigenvalue weighted by atomic mass is 15.1.